The number of carbonyl (C=O) groups excluding carboxylic acids is 2. The van der Waals surface area contributed by atoms with Gasteiger partial charge in [-0.25, -0.2) is 4.68 Å². The molecule has 0 spiro atoms. The van der Waals surface area contributed by atoms with Crippen molar-refractivity contribution in [1.82, 2.24) is 15.1 Å². The van der Waals surface area contributed by atoms with E-state index in [0.29, 0.717) is 17.8 Å². The highest BCUT2D eigenvalue weighted by Crippen LogP contribution is 2.19. The molecule has 2 rings (SSSR count). The van der Waals surface area contributed by atoms with Gasteiger partial charge in [0.05, 0.1) is 11.4 Å². The molecule has 0 bridgehead atoms. The van der Waals surface area contributed by atoms with Crippen molar-refractivity contribution in [3.05, 3.63) is 42.2 Å². The lowest BCUT2D eigenvalue weighted by molar-refractivity contribution is -0.116. The lowest BCUT2D eigenvalue weighted by Gasteiger charge is -2.11. The molecule has 0 atom stereocenters. The first-order valence-corrected chi connectivity index (χ1v) is 7.01. The Bertz CT molecular complexity index is 671. The van der Waals surface area contributed by atoms with Gasteiger partial charge in [0, 0.05) is 12.6 Å². The van der Waals surface area contributed by atoms with Crippen molar-refractivity contribution >= 4 is 29.9 Å². The van der Waals surface area contributed by atoms with E-state index in [1.54, 1.807) is 18.3 Å². The average Bonchev–Trinajstić information content (AvgIpc) is 2.98. The monoisotopic (exact) mass is 337 g/mol. The standard InChI is InChI=1S/C15H19N5O2.ClH/c1-17-9-4-7-14(21)18-11-5-2-3-6-13(11)20-10-8-12(19-20)15(16)22;/h2-3,5-6,8,10,17H,4,7,9H2,1H3,(H2,16,22)(H,18,21);1H. The summed E-state index contributed by atoms with van der Waals surface area (Å²) in [6.45, 7) is 0.788. The van der Waals surface area contributed by atoms with Crippen LogP contribution in [0.1, 0.15) is 23.3 Å². The fraction of sp³-hybridized carbons (Fsp3) is 0.267. The van der Waals surface area contributed by atoms with Crippen LogP contribution in [0.2, 0.25) is 0 Å². The van der Waals surface area contributed by atoms with Crippen LogP contribution in [0.4, 0.5) is 5.69 Å². The van der Waals surface area contributed by atoms with Gasteiger partial charge in [0.1, 0.15) is 5.69 Å². The topological polar surface area (TPSA) is 102 Å². The minimum absolute atomic E-state index is 0. The van der Waals surface area contributed by atoms with Crippen molar-refractivity contribution in [1.29, 1.82) is 0 Å². The zero-order chi connectivity index (χ0) is 15.9. The molecule has 7 nitrogen and oxygen atoms in total. The number of para-hydroxylation sites is 2. The molecule has 0 fully saturated rings. The molecule has 2 amide bonds. The lowest BCUT2D eigenvalue weighted by Crippen LogP contribution is -2.16. The second kappa shape index (κ2) is 8.92. The average molecular weight is 338 g/mol. The number of nitrogens with one attached hydrogen (secondary N) is 2. The summed E-state index contributed by atoms with van der Waals surface area (Å²) in [5, 5.41) is 9.97. The Morgan fingerprint density at radius 3 is 2.65 bits per heavy atom. The summed E-state index contributed by atoms with van der Waals surface area (Å²) in [5.41, 5.74) is 6.69. The van der Waals surface area contributed by atoms with Gasteiger partial charge < -0.3 is 16.4 Å². The summed E-state index contributed by atoms with van der Waals surface area (Å²) in [6, 6.07) is 8.79. The van der Waals surface area contributed by atoms with E-state index in [0.717, 1.165) is 13.0 Å². The number of primary amides is 1. The van der Waals surface area contributed by atoms with Crippen LogP contribution in [-0.4, -0.2) is 35.2 Å². The molecule has 1 heterocycles. The first kappa shape index (κ1) is 18.7. The number of rotatable bonds is 7. The summed E-state index contributed by atoms with van der Waals surface area (Å²) in [7, 11) is 1.85. The predicted molar refractivity (Wildman–Crippen MR) is 91.1 cm³/mol. The van der Waals surface area contributed by atoms with Crippen molar-refractivity contribution in [2.75, 3.05) is 18.9 Å². The van der Waals surface area contributed by atoms with Crippen molar-refractivity contribution in [2.24, 2.45) is 5.73 Å². The Labute approximate surface area is 140 Å². The van der Waals surface area contributed by atoms with Gasteiger partial charge in [0.25, 0.3) is 5.91 Å². The summed E-state index contributed by atoms with van der Waals surface area (Å²) >= 11 is 0. The number of carbonyl (C=O) groups is 2. The first-order chi connectivity index (χ1) is 10.6. The number of halogens is 1. The number of anilines is 1. The largest absolute Gasteiger partial charge is 0.364 e. The van der Waals surface area contributed by atoms with Gasteiger partial charge in [0.2, 0.25) is 5.91 Å². The van der Waals surface area contributed by atoms with Gasteiger partial charge >= 0.3 is 0 Å². The molecule has 2 aromatic rings. The van der Waals surface area contributed by atoms with Crippen LogP contribution in [0, 0.1) is 0 Å². The van der Waals surface area contributed by atoms with Crippen LogP contribution in [0.3, 0.4) is 0 Å². The van der Waals surface area contributed by atoms with Crippen LogP contribution < -0.4 is 16.4 Å². The Kier molecular flexibility index (Phi) is 7.24. The quantitative estimate of drug-likeness (QED) is 0.663. The first-order valence-electron chi connectivity index (χ1n) is 7.01. The van der Waals surface area contributed by atoms with E-state index in [4.69, 9.17) is 5.73 Å². The zero-order valence-electron chi connectivity index (χ0n) is 12.8. The van der Waals surface area contributed by atoms with Gasteiger partial charge in [-0.15, -0.1) is 12.4 Å². The number of nitrogens with zero attached hydrogens (tertiary/aromatic N) is 2. The third-order valence-electron chi connectivity index (χ3n) is 3.10. The molecule has 0 unspecified atom stereocenters. The smallest absolute Gasteiger partial charge is 0.269 e. The second-order valence-electron chi connectivity index (χ2n) is 4.78. The molecule has 0 aliphatic rings. The number of nitrogens with two attached hydrogens (primary N) is 1. The van der Waals surface area contributed by atoms with Gasteiger partial charge in [-0.05, 0) is 38.2 Å². The van der Waals surface area contributed by atoms with Crippen molar-refractivity contribution in [3.8, 4) is 5.69 Å². The normalized spacial score (nSPS) is 9.96. The van der Waals surface area contributed by atoms with Crippen LogP contribution in [0.25, 0.3) is 5.69 Å². The Hall–Kier alpha value is -2.38. The molecular weight excluding hydrogens is 318 g/mol. The molecule has 0 saturated carbocycles. The third kappa shape index (κ3) is 5.08. The zero-order valence-corrected chi connectivity index (χ0v) is 13.6. The van der Waals surface area contributed by atoms with E-state index in [2.05, 4.69) is 15.7 Å². The maximum Gasteiger partial charge on any atom is 0.269 e. The van der Waals surface area contributed by atoms with Crippen LogP contribution in [-0.2, 0) is 4.79 Å². The highest BCUT2D eigenvalue weighted by Gasteiger charge is 2.11. The molecule has 0 aliphatic carbocycles. The minimum Gasteiger partial charge on any atom is -0.364 e. The van der Waals surface area contributed by atoms with Crippen LogP contribution >= 0.6 is 12.4 Å². The number of hydrogen-bond acceptors (Lipinski definition) is 4. The van der Waals surface area contributed by atoms with Gasteiger partial charge in [-0.2, -0.15) is 5.10 Å². The number of aromatic nitrogens is 2. The fourth-order valence-electron chi connectivity index (χ4n) is 2.01. The molecule has 1 aromatic heterocycles. The van der Waals surface area contributed by atoms with E-state index in [1.165, 1.54) is 10.7 Å². The Morgan fingerprint density at radius 1 is 1.26 bits per heavy atom. The van der Waals surface area contributed by atoms with Crippen molar-refractivity contribution in [2.45, 2.75) is 12.8 Å². The van der Waals surface area contributed by atoms with E-state index in [-0.39, 0.29) is 24.0 Å². The van der Waals surface area contributed by atoms with E-state index in [9.17, 15) is 9.59 Å². The summed E-state index contributed by atoms with van der Waals surface area (Å²) in [4.78, 5) is 23.1. The predicted octanol–water partition coefficient (Wildman–Crippen LogP) is 1.33. The Balaban J connectivity index is 0.00000264. The number of benzene rings is 1. The maximum absolute atomic E-state index is 11.9. The highest BCUT2D eigenvalue weighted by atomic mass is 35.5. The molecule has 0 aliphatic heterocycles. The van der Waals surface area contributed by atoms with E-state index < -0.39 is 5.91 Å². The molecule has 4 N–H and O–H groups in total. The summed E-state index contributed by atoms with van der Waals surface area (Å²) < 4.78 is 1.52. The number of hydrogen-bond donors (Lipinski definition) is 3. The van der Waals surface area contributed by atoms with Gasteiger partial charge in [-0.3, -0.25) is 9.59 Å². The molecular formula is C15H20ClN5O2. The van der Waals surface area contributed by atoms with Crippen LogP contribution in [0.15, 0.2) is 36.5 Å². The molecule has 8 heteroatoms. The van der Waals surface area contributed by atoms with Gasteiger partial charge in [-0.1, -0.05) is 12.1 Å². The second-order valence-corrected chi connectivity index (χ2v) is 4.78. The van der Waals surface area contributed by atoms with Crippen LogP contribution in [0.5, 0.6) is 0 Å². The molecule has 0 saturated heterocycles. The van der Waals surface area contributed by atoms with Crippen molar-refractivity contribution in [3.63, 3.8) is 0 Å². The SMILES string of the molecule is CNCCCC(=O)Nc1ccccc1-n1ccc(C(N)=O)n1.Cl. The van der Waals surface area contributed by atoms with E-state index >= 15 is 0 Å². The third-order valence-corrected chi connectivity index (χ3v) is 3.10. The highest BCUT2D eigenvalue weighted by molar-refractivity contribution is 5.93. The molecule has 23 heavy (non-hydrogen) atoms. The summed E-state index contributed by atoms with van der Waals surface area (Å²) in [6.07, 6.45) is 2.82. The molecule has 1 aromatic carbocycles. The number of amides is 2. The minimum atomic E-state index is -0.590. The van der Waals surface area contributed by atoms with E-state index in [1.807, 2.05) is 19.2 Å². The summed E-state index contributed by atoms with van der Waals surface area (Å²) in [5.74, 6) is -0.655. The van der Waals surface area contributed by atoms with Crippen molar-refractivity contribution < 1.29 is 9.59 Å². The Morgan fingerprint density at radius 2 is 2.00 bits per heavy atom. The fourth-order valence-corrected chi connectivity index (χ4v) is 2.01. The van der Waals surface area contributed by atoms with Gasteiger partial charge in [0.15, 0.2) is 0 Å². The molecule has 0 radical (unpaired) electrons. The maximum atomic E-state index is 11.9. The molecule has 124 valence electrons. The lowest BCUT2D eigenvalue weighted by atomic mass is 10.2.